The zero-order chi connectivity index (χ0) is 14.9. The molecule has 3 rings (SSSR count). The van der Waals surface area contributed by atoms with Crippen molar-refractivity contribution in [2.45, 2.75) is 0 Å². The second-order valence-corrected chi connectivity index (χ2v) is 7.76. The maximum absolute atomic E-state index is 13.2. The van der Waals surface area contributed by atoms with Gasteiger partial charge in [-0.25, -0.2) is 4.67 Å². The van der Waals surface area contributed by atoms with E-state index in [1.54, 1.807) is 4.67 Å². The molecule has 1 unspecified atom stereocenters. The van der Waals surface area contributed by atoms with Crippen molar-refractivity contribution in [3.05, 3.63) is 36.4 Å². The fraction of sp³-hybridized carbons (Fsp3) is 0.286. The van der Waals surface area contributed by atoms with Crippen LogP contribution in [0.5, 0.6) is 0 Å². The van der Waals surface area contributed by atoms with Crippen LogP contribution in [0.3, 0.4) is 0 Å². The van der Waals surface area contributed by atoms with Gasteiger partial charge >= 0.3 is 7.59 Å². The molecule has 0 fully saturated rings. The number of hydrogen-bond donors (Lipinski definition) is 2. The van der Waals surface area contributed by atoms with Crippen LogP contribution in [0.1, 0.15) is 0 Å². The topological polar surface area (TPSA) is 44.4 Å². The van der Waals surface area contributed by atoms with E-state index in [9.17, 15) is 4.57 Å². The number of hydrogen-bond acceptors (Lipinski definition) is 1. The molecule has 2 aromatic carbocycles. The SMILES string of the molecule is O=P1(N(CCCl)CCCl)Nc2ccc3ccccc3c2N1. The third-order valence-electron chi connectivity index (χ3n) is 3.55. The highest BCUT2D eigenvalue weighted by Gasteiger charge is 2.37. The van der Waals surface area contributed by atoms with Gasteiger partial charge < -0.3 is 10.2 Å². The highest BCUT2D eigenvalue weighted by Crippen LogP contribution is 2.58. The fourth-order valence-corrected chi connectivity index (χ4v) is 5.36. The molecule has 112 valence electrons. The summed E-state index contributed by atoms with van der Waals surface area (Å²) in [6.07, 6.45) is 0. The molecular weight excluding hydrogens is 328 g/mol. The zero-order valence-corrected chi connectivity index (χ0v) is 13.8. The summed E-state index contributed by atoms with van der Waals surface area (Å²) in [4.78, 5) is 0. The maximum atomic E-state index is 13.2. The van der Waals surface area contributed by atoms with Gasteiger partial charge in [-0.3, -0.25) is 4.57 Å². The van der Waals surface area contributed by atoms with E-state index >= 15 is 0 Å². The summed E-state index contributed by atoms with van der Waals surface area (Å²) in [5.41, 5.74) is 1.73. The number of rotatable bonds is 5. The normalized spacial score (nSPS) is 20.3. The molecule has 0 aliphatic carbocycles. The van der Waals surface area contributed by atoms with Crippen molar-refractivity contribution in [1.82, 2.24) is 4.67 Å². The van der Waals surface area contributed by atoms with E-state index in [2.05, 4.69) is 10.2 Å². The van der Waals surface area contributed by atoms with Crippen molar-refractivity contribution >= 4 is 52.9 Å². The first-order chi connectivity index (χ1) is 10.2. The van der Waals surface area contributed by atoms with Crippen molar-refractivity contribution in [1.29, 1.82) is 0 Å². The van der Waals surface area contributed by atoms with Gasteiger partial charge in [0.15, 0.2) is 0 Å². The van der Waals surface area contributed by atoms with Crippen molar-refractivity contribution in [2.24, 2.45) is 0 Å². The molecule has 1 atom stereocenters. The Bertz CT molecular complexity index is 704. The Hall–Kier alpha value is -0.930. The molecule has 2 N–H and O–H groups in total. The van der Waals surface area contributed by atoms with Gasteiger partial charge in [0.1, 0.15) is 0 Å². The first kappa shape index (κ1) is 15.0. The molecule has 0 radical (unpaired) electrons. The second kappa shape index (κ2) is 6.05. The van der Waals surface area contributed by atoms with Crippen LogP contribution in [0, 0.1) is 0 Å². The van der Waals surface area contributed by atoms with Crippen molar-refractivity contribution in [3.63, 3.8) is 0 Å². The molecule has 21 heavy (non-hydrogen) atoms. The third kappa shape index (κ3) is 2.74. The summed E-state index contributed by atoms with van der Waals surface area (Å²) in [6, 6.07) is 12.0. The van der Waals surface area contributed by atoms with Gasteiger partial charge in [-0.05, 0) is 11.5 Å². The monoisotopic (exact) mass is 343 g/mol. The van der Waals surface area contributed by atoms with Gasteiger partial charge in [-0.15, -0.1) is 23.2 Å². The smallest absolute Gasteiger partial charge is 0.306 e. The first-order valence-corrected chi connectivity index (χ1v) is 9.46. The average molecular weight is 344 g/mol. The van der Waals surface area contributed by atoms with Crippen LogP contribution < -0.4 is 10.2 Å². The Morgan fingerprint density at radius 1 is 1.00 bits per heavy atom. The minimum Gasteiger partial charge on any atom is -0.306 e. The predicted octanol–water partition coefficient (Wildman–Crippen LogP) is 4.56. The number of anilines is 2. The number of halogens is 2. The zero-order valence-electron chi connectivity index (χ0n) is 11.4. The van der Waals surface area contributed by atoms with Gasteiger partial charge in [0, 0.05) is 30.2 Å². The minimum atomic E-state index is -2.94. The second-order valence-electron chi connectivity index (χ2n) is 4.84. The molecule has 4 nitrogen and oxygen atoms in total. The van der Waals surface area contributed by atoms with Crippen molar-refractivity contribution in [3.8, 4) is 0 Å². The van der Waals surface area contributed by atoms with Gasteiger partial charge in [0.25, 0.3) is 0 Å². The Balaban J connectivity index is 1.99. The van der Waals surface area contributed by atoms with E-state index in [1.807, 2.05) is 36.4 Å². The lowest BCUT2D eigenvalue weighted by molar-refractivity contribution is 0.455. The van der Waals surface area contributed by atoms with Crippen LogP contribution in [-0.2, 0) is 4.57 Å². The van der Waals surface area contributed by atoms with Crippen LogP contribution in [0.15, 0.2) is 36.4 Å². The summed E-state index contributed by atoms with van der Waals surface area (Å²) < 4.78 is 15.0. The fourth-order valence-electron chi connectivity index (χ4n) is 2.56. The Morgan fingerprint density at radius 3 is 2.43 bits per heavy atom. The molecule has 0 saturated carbocycles. The van der Waals surface area contributed by atoms with Crippen molar-refractivity contribution in [2.75, 3.05) is 35.0 Å². The summed E-state index contributed by atoms with van der Waals surface area (Å²) in [6.45, 7) is 1.02. The van der Waals surface area contributed by atoms with E-state index in [0.29, 0.717) is 24.8 Å². The van der Waals surface area contributed by atoms with E-state index in [4.69, 9.17) is 23.2 Å². The van der Waals surface area contributed by atoms with E-state index in [1.165, 1.54) is 0 Å². The van der Waals surface area contributed by atoms with Crippen molar-refractivity contribution < 1.29 is 4.57 Å². The van der Waals surface area contributed by atoms with Gasteiger partial charge in [-0.2, -0.15) is 0 Å². The Labute approximate surface area is 133 Å². The van der Waals surface area contributed by atoms with Gasteiger partial charge in [0.2, 0.25) is 0 Å². The highest BCUT2D eigenvalue weighted by molar-refractivity contribution is 7.65. The van der Waals surface area contributed by atoms with E-state index < -0.39 is 7.59 Å². The van der Waals surface area contributed by atoms with E-state index in [0.717, 1.165) is 22.1 Å². The lowest BCUT2D eigenvalue weighted by atomic mass is 10.1. The molecule has 1 heterocycles. The highest BCUT2D eigenvalue weighted by atomic mass is 35.5. The summed E-state index contributed by atoms with van der Waals surface area (Å²) in [5.74, 6) is 0.808. The first-order valence-electron chi connectivity index (χ1n) is 6.73. The quantitative estimate of drug-likeness (QED) is 0.616. The average Bonchev–Trinajstić information content (AvgIpc) is 2.85. The Kier molecular flexibility index (Phi) is 4.32. The molecule has 0 spiro atoms. The Morgan fingerprint density at radius 2 is 1.71 bits per heavy atom. The van der Waals surface area contributed by atoms with Crippen LogP contribution >= 0.6 is 30.8 Å². The molecular formula is C14H16Cl2N3OP. The van der Waals surface area contributed by atoms with Gasteiger partial charge in [0.05, 0.1) is 11.4 Å². The third-order valence-corrected chi connectivity index (χ3v) is 6.15. The molecule has 0 bridgehead atoms. The predicted molar refractivity (Wildman–Crippen MR) is 91.8 cm³/mol. The number of nitrogens with one attached hydrogen (secondary N) is 2. The van der Waals surface area contributed by atoms with Gasteiger partial charge in [-0.1, -0.05) is 30.3 Å². The molecule has 0 aromatic heterocycles. The minimum absolute atomic E-state index is 0.404. The molecule has 2 aromatic rings. The summed E-state index contributed by atoms with van der Waals surface area (Å²) in [5, 5.41) is 8.47. The lowest BCUT2D eigenvalue weighted by Gasteiger charge is -2.27. The number of nitrogens with zero attached hydrogens (tertiary/aromatic N) is 1. The van der Waals surface area contributed by atoms with E-state index in [-0.39, 0.29) is 0 Å². The maximum Gasteiger partial charge on any atom is 0.330 e. The van der Waals surface area contributed by atoms with Crippen LogP contribution in [-0.4, -0.2) is 29.5 Å². The molecule has 1 aliphatic heterocycles. The van der Waals surface area contributed by atoms with Crippen LogP contribution in [0.4, 0.5) is 11.4 Å². The summed E-state index contributed by atoms with van der Waals surface area (Å²) >= 11 is 11.6. The lowest BCUT2D eigenvalue weighted by Crippen LogP contribution is -2.29. The number of alkyl halides is 2. The summed E-state index contributed by atoms with van der Waals surface area (Å²) in [7, 11) is -2.94. The number of fused-ring (bicyclic) bond motifs is 3. The van der Waals surface area contributed by atoms with Crippen LogP contribution in [0.25, 0.3) is 10.8 Å². The standard InChI is InChI=1S/C14H16Cl2N3OP/c15-7-9-19(10-8-16)21(20)17-13-6-5-11-3-1-2-4-12(11)14(13)18-21/h1-6H,7-10H2,(H2,17,18,20). The molecule has 0 saturated heterocycles. The van der Waals surface area contributed by atoms with Crippen LogP contribution in [0.2, 0.25) is 0 Å². The molecule has 1 aliphatic rings. The molecule has 0 amide bonds. The molecule has 7 heteroatoms. The largest absolute Gasteiger partial charge is 0.330 e. The number of benzene rings is 2.